The number of hydrogen-bond donors (Lipinski definition) is 2. The Kier molecular flexibility index (Phi) is 6.52. The number of carbonyl (C=O) groups is 1. The topological polar surface area (TPSA) is 50.4 Å². The summed E-state index contributed by atoms with van der Waals surface area (Å²) in [5.74, 6) is 0.613. The molecule has 2 atom stereocenters. The van der Waals surface area contributed by atoms with Gasteiger partial charge in [0.2, 0.25) is 5.91 Å². The molecular formula is C13H26N2O2. The van der Waals surface area contributed by atoms with Gasteiger partial charge in [0.1, 0.15) is 0 Å². The average Bonchev–Trinajstić information content (AvgIpc) is 2.49. The fourth-order valence-electron chi connectivity index (χ4n) is 2.03. The lowest BCUT2D eigenvalue weighted by Crippen LogP contribution is -2.50. The van der Waals surface area contributed by atoms with Gasteiger partial charge in [-0.3, -0.25) is 4.79 Å². The van der Waals surface area contributed by atoms with Crippen LogP contribution in [0.5, 0.6) is 0 Å². The summed E-state index contributed by atoms with van der Waals surface area (Å²) < 4.78 is 5.47. The molecule has 1 fully saturated rings. The molecule has 4 nitrogen and oxygen atoms in total. The first-order chi connectivity index (χ1) is 8.15. The lowest BCUT2D eigenvalue weighted by molar-refractivity contribution is -0.123. The van der Waals surface area contributed by atoms with Crippen LogP contribution in [0.2, 0.25) is 0 Å². The third kappa shape index (κ3) is 5.04. The Bertz CT molecular complexity index is 231. The molecule has 1 aliphatic rings. The molecule has 0 aliphatic carbocycles. The zero-order valence-electron chi connectivity index (χ0n) is 11.3. The normalized spacial score (nSPS) is 23.3. The second kappa shape index (κ2) is 7.67. The molecule has 1 heterocycles. The number of rotatable bonds is 6. The number of hydrogen-bond acceptors (Lipinski definition) is 3. The smallest absolute Gasteiger partial charge is 0.237 e. The van der Waals surface area contributed by atoms with Crippen LogP contribution >= 0.6 is 0 Å². The second-order valence-electron chi connectivity index (χ2n) is 5.02. The van der Waals surface area contributed by atoms with Gasteiger partial charge < -0.3 is 15.4 Å². The van der Waals surface area contributed by atoms with E-state index in [-0.39, 0.29) is 18.0 Å². The van der Waals surface area contributed by atoms with E-state index in [0.717, 1.165) is 32.4 Å². The molecule has 2 N–H and O–H groups in total. The fourth-order valence-corrected chi connectivity index (χ4v) is 2.03. The van der Waals surface area contributed by atoms with Crippen LogP contribution in [0.3, 0.4) is 0 Å². The Morgan fingerprint density at radius 3 is 2.88 bits per heavy atom. The molecule has 1 rings (SSSR count). The van der Waals surface area contributed by atoms with Crippen molar-refractivity contribution in [3.8, 4) is 0 Å². The summed E-state index contributed by atoms with van der Waals surface area (Å²) in [6.07, 6.45) is 3.12. The van der Waals surface area contributed by atoms with Crippen molar-refractivity contribution in [1.29, 1.82) is 0 Å². The maximum atomic E-state index is 11.8. The minimum Gasteiger partial charge on any atom is -0.380 e. The zero-order valence-corrected chi connectivity index (χ0v) is 11.3. The molecular weight excluding hydrogens is 216 g/mol. The monoisotopic (exact) mass is 242 g/mol. The second-order valence-corrected chi connectivity index (χ2v) is 5.02. The van der Waals surface area contributed by atoms with Crippen molar-refractivity contribution in [1.82, 2.24) is 10.6 Å². The van der Waals surface area contributed by atoms with Gasteiger partial charge >= 0.3 is 0 Å². The van der Waals surface area contributed by atoms with E-state index >= 15 is 0 Å². The van der Waals surface area contributed by atoms with Crippen LogP contribution in [-0.4, -0.2) is 37.7 Å². The third-order valence-corrected chi connectivity index (χ3v) is 3.26. The van der Waals surface area contributed by atoms with E-state index < -0.39 is 0 Å². The van der Waals surface area contributed by atoms with Crippen molar-refractivity contribution in [2.24, 2.45) is 5.92 Å². The standard InChI is InChI=1S/C13H26N2O2/c1-4-17-9-12(10(2)3)15-11-7-5-6-8-14-13(11)16/h10-12,15H,4-9H2,1-3H3,(H,14,16). The van der Waals surface area contributed by atoms with Crippen molar-refractivity contribution in [2.75, 3.05) is 19.8 Å². The molecule has 1 amide bonds. The van der Waals surface area contributed by atoms with E-state index in [1.54, 1.807) is 0 Å². The van der Waals surface area contributed by atoms with E-state index in [0.29, 0.717) is 12.5 Å². The van der Waals surface area contributed by atoms with E-state index in [1.165, 1.54) is 0 Å². The summed E-state index contributed by atoms with van der Waals surface area (Å²) >= 11 is 0. The molecule has 4 heteroatoms. The van der Waals surface area contributed by atoms with Crippen molar-refractivity contribution in [3.63, 3.8) is 0 Å². The maximum absolute atomic E-state index is 11.8. The van der Waals surface area contributed by atoms with Crippen LogP contribution in [-0.2, 0) is 9.53 Å². The van der Waals surface area contributed by atoms with Crippen LogP contribution in [0.1, 0.15) is 40.0 Å². The molecule has 0 saturated carbocycles. The summed E-state index contributed by atoms with van der Waals surface area (Å²) in [5.41, 5.74) is 0. The largest absolute Gasteiger partial charge is 0.380 e. The minimum atomic E-state index is -0.0506. The quantitative estimate of drug-likeness (QED) is 0.738. The van der Waals surface area contributed by atoms with Crippen molar-refractivity contribution in [3.05, 3.63) is 0 Å². The lowest BCUT2D eigenvalue weighted by atomic mass is 10.0. The Morgan fingerprint density at radius 2 is 2.24 bits per heavy atom. The van der Waals surface area contributed by atoms with Gasteiger partial charge in [-0.05, 0) is 32.1 Å². The van der Waals surface area contributed by atoms with Gasteiger partial charge in [0.25, 0.3) is 0 Å². The molecule has 1 saturated heterocycles. The highest BCUT2D eigenvalue weighted by molar-refractivity contribution is 5.81. The Balaban J connectivity index is 2.48. The molecule has 0 radical (unpaired) electrons. The highest BCUT2D eigenvalue weighted by atomic mass is 16.5. The molecule has 0 spiro atoms. The van der Waals surface area contributed by atoms with Gasteiger partial charge in [-0.15, -0.1) is 0 Å². The van der Waals surface area contributed by atoms with E-state index in [4.69, 9.17) is 4.74 Å². The van der Waals surface area contributed by atoms with E-state index in [9.17, 15) is 4.79 Å². The first kappa shape index (κ1) is 14.5. The maximum Gasteiger partial charge on any atom is 0.237 e. The number of nitrogens with one attached hydrogen (secondary N) is 2. The first-order valence-electron chi connectivity index (χ1n) is 6.76. The number of ether oxygens (including phenoxy) is 1. The van der Waals surface area contributed by atoms with E-state index in [1.807, 2.05) is 6.92 Å². The van der Waals surface area contributed by atoms with Crippen molar-refractivity contribution >= 4 is 5.91 Å². The van der Waals surface area contributed by atoms with Crippen molar-refractivity contribution < 1.29 is 9.53 Å². The summed E-state index contributed by atoms with van der Waals surface area (Å²) in [6.45, 7) is 8.53. The highest BCUT2D eigenvalue weighted by Crippen LogP contribution is 2.10. The van der Waals surface area contributed by atoms with Crippen LogP contribution < -0.4 is 10.6 Å². The van der Waals surface area contributed by atoms with Crippen LogP contribution in [0.25, 0.3) is 0 Å². The van der Waals surface area contributed by atoms with Crippen LogP contribution in [0.15, 0.2) is 0 Å². The van der Waals surface area contributed by atoms with Gasteiger partial charge in [-0.1, -0.05) is 13.8 Å². The summed E-state index contributed by atoms with van der Waals surface area (Å²) in [4.78, 5) is 11.8. The zero-order chi connectivity index (χ0) is 12.7. The molecule has 0 aromatic rings. The summed E-state index contributed by atoms with van der Waals surface area (Å²) in [7, 11) is 0. The molecule has 0 aromatic carbocycles. The van der Waals surface area contributed by atoms with Crippen LogP contribution in [0, 0.1) is 5.92 Å². The van der Waals surface area contributed by atoms with Gasteiger partial charge in [-0.2, -0.15) is 0 Å². The van der Waals surface area contributed by atoms with Gasteiger partial charge in [-0.25, -0.2) is 0 Å². The van der Waals surface area contributed by atoms with Gasteiger partial charge in [0.15, 0.2) is 0 Å². The van der Waals surface area contributed by atoms with Crippen LogP contribution in [0.4, 0.5) is 0 Å². The first-order valence-corrected chi connectivity index (χ1v) is 6.76. The molecule has 0 bridgehead atoms. The Hall–Kier alpha value is -0.610. The van der Waals surface area contributed by atoms with E-state index in [2.05, 4.69) is 24.5 Å². The number of amides is 1. The highest BCUT2D eigenvalue weighted by Gasteiger charge is 2.24. The molecule has 0 aromatic heterocycles. The van der Waals surface area contributed by atoms with Gasteiger partial charge in [0, 0.05) is 19.2 Å². The minimum absolute atomic E-state index is 0.0506. The summed E-state index contributed by atoms with van der Waals surface area (Å²) in [6, 6.07) is 0.203. The Labute approximate surface area is 104 Å². The van der Waals surface area contributed by atoms with Crippen molar-refractivity contribution in [2.45, 2.75) is 52.1 Å². The molecule has 1 aliphatic heterocycles. The van der Waals surface area contributed by atoms with Gasteiger partial charge in [0.05, 0.1) is 12.6 Å². The Morgan fingerprint density at radius 1 is 1.47 bits per heavy atom. The third-order valence-electron chi connectivity index (χ3n) is 3.26. The molecule has 100 valence electrons. The fraction of sp³-hybridized carbons (Fsp3) is 0.923. The summed E-state index contributed by atoms with van der Waals surface area (Å²) in [5, 5.41) is 6.40. The lowest BCUT2D eigenvalue weighted by Gasteiger charge is -2.26. The average molecular weight is 242 g/mol. The molecule has 17 heavy (non-hydrogen) atoms. The predicted molar refractivity (Wildman–Crippen MR) is 68.9 cm³/mol. The predicted octanol–water partition coefficient (Wildman–Crippen LogP) is 1.31. The number of carbonyl (C=O) groups excluding carboxylic acids is 1. The SMILES string of the molecule is CCOCC(NC1CCCCNC1=O)C(C)C. The molecule has 2 unspecified atom stereocenters.